The first-order valence-corrected chi connectivity index (χ1v) is 15.1. The van der Waals surface area contributed by atoms with Gasteiger partial charge in [-0.15, -0.1) is 0 Å². The van der Waals surface area contributed by atoms with Crippen LogP contribution in [0.1, 0.15) is 54.8 Å². The summed E-state index contributed by atoms with van der Waals surface area (Å²) >= 11 is 6.01. The number of ether oxygens (including phenoxy) is 1. The second-order valence-electron chi connectivity index (χ2n) is 11.5. The fraction of sp³-hybridized carbons (Fsp3) is 0.452. The number of carbonyl (C=O) groups is 4. The van der Waals surface area contributed by atoms with E-state index in [1.54, 1.807) is 41.3 Å². The molecule has 2 aliphatic heterocycles. The Hall–Kier alpha value is -3.80. The number of amides is 3. The van der Waals surface area contributed by atoms with Crippen molar-refractivity contribution in [2.75, 3.05) is 13.1 Å². The minimum Gasteiger partial charge on any atom is -0.434 e. The first-order chi connectivity index (χ1) is 20.8. The van der Waals surface area contributed by atoms with Crippen molar-refractivity contribution >= 4 is 46.2 Å². The summed E-state index contributed by atoms with van der Waals surface area (Å²) in [6, 6.07) is 12.7. The monoisotopic (exact) mass is 607 g/mol. The Bertz CT molecular complexity index is 1510. The van der Waals surface area contributed by atoms with Crippen LogP contribution in [0.15, 0.2) is 52.9 Å². The van der Waals surface area contributed by atoms with Crippen molar-refractivity contribution in [1.29, 1.82) is 0 Å². The van der Waals surface area contributed by atoms with Gasteiger partial charge in [-0.1, -0.05) is 35.9 Å². The highest BCUT2D eigenvalue weighted by Crippen LogP contribution is 2.57. The highest BCUT2D eigenvalue weighted by Gasteiger charge is 2.73. The maximum absolute atomic E-state index is 14.1. The van der Waals surface area contributed by atoms with E-state index in [1.165, 1.54) is 0 Å². The molecule has 0 radical (unpaired) electrons. The van der Waals surface area contributed by atoms with Gasteiger partial charge in [0.05, 0.1) is 18.8 Å². The molecule has 226 valence electrons. The summed E-state index contributed by atoms with van der Waals surface area (Å²) in [6.07, 6.45) is 2.23. The molecule has 12 heteroatoms. The number of unbranched alkanes of at least 4 members (excludes halogenated alkanes) is 1. The third-order valence-corrected chi connectivity index (χ3v) is 8.93. The van der Waals surface area contributed by atoms with Crippen LogP contribution in [0.25, 0.3) is 11.1 Å². The molecule has 11 nitrogen and oxygen atoms in total. The van der Waals surface area contributed by atoms with Gasteiger partial charge in [-0.3, -0.25) is 19.2 Å². The van der Waals surface area contributed by atoms with E-state index in [4.69, 9.17) is 26.5 Å². The molecule has 2 unspecified atom stereocenters. The number of Topliss-reactive ketones (excluding diaryl/α,β-unsaturated/α-hetero) is 1. The molecule has 6 rings (SSSR count). The SMILES string of the molecule is NCCCC[C@H](NC(=O)C12CC1[C@@H](OCc1ccc(Cl)cc1)CN2C(=O)[C@H]1CCC(=O)N1)C(=O)c1nc2ccccc2o1. The van der Waals surface area contributed by atoms with Gasteiger partial charge < -0.3 is 30.4 Å². The number of rotatable bonds is 12. The van der Waals surface area contributed by atoms with Crippen LogP contribution in [0.4, 0.5) is 0 Å². The Balaban J connectivity index is 1.23. The van der Waals surface area contributed by atoms with Gasteiger partial charge >= 0.3 is 0 Å². The number of nitrogens with two attached hydrogens (primary N) is 1. The van der Waals surface area contributed by atoms with Gasteiger partial charge in [0.15, 0.2) is 5.58 Å². The number of aromatic nitrogens is 1. The number of piperidine rings is 1. The second kappa shape index (κ2) is 12.1. The van der Waals surface area contributed by atoms with Crippen LogP contribution in [-0.4, -0.2) is 70.2 Å². The first kappa shape index (κ1) is 29.3. The van der Waals surface area contributed by atoms with E-state index >= 15 is 0 Å². The van der Waals surface area contributed by atoms with Crippen molar-refractivity contribution < 1.29 is 28.3 Å². The average Bonchev–Trinajstić information content (AvgIpc) is 3.27. The summed E-state index contributed by atoms with van der Waals surface area (Å²) in [5.74, 6) is -1.71. The molecule has 5 atom stereocenters. The van der Waals surface area contributed by atoms with Crippen molar-refractivity contribution in [1.82, 2.24) is 20.5 Å². The average molecular weight is 608 g/mol. The quantitative estimate of drug-likeness (QED) is 0.210. The van der Waals surface area contributed by atoms with Crippen LogP contribution in [-0.2, 0) is 25.7 Å². The highest BCUT2D eigenvalue weighted by molar-refractivity contribution is 6.30. The summed E-state index contributed by atoms with van der Waals surface area (Å²) in [5.41, 5.74) is 6.46. The number of hydrogen-bond donors (Lipinski definition) is 3. The van der Waals surface area contributed by atoms with Gasteiger partial charge in [-0.25, -0.2) is 4.98 Å². The lowest BCUT2D eigenvalue weighted by Crippen LogP contribution is -2.57. The largest absolute Gasteiger partial charge is 0.434 e. The van der Waals surface area contributed by atoms with Crippen molar-refractivity contribution in [2.24, 2.45) is 11.7 Å². The normalized spacial score (nSPS) is 24.9. The van der Waals surface area contributed by atoms with Gasteiger partial charge in [-0.05, 0) is 68.5 Å². The van der Waals surface area contributed by atoms with E-state index in [9.17, 15) is 19.2 Å². The van der Waals surface area contributed by atoms with Gasteiger partial charge in [-0.2, -0.15) is 0 Å². The van der Waals surface area contributed by atoms with E-state index in [0.29, 0.717) is 54.8 Å². The number of likely N-dealkylation sites (tertiary alicyclic amines) is 1. The number of oxazole rings is 1. The third kappa shape index (κ3) is 5.76. The molecule has 2 saturated heterocycles. The van der Waals surface area contributed by atoms with Gasteiger partial charge in [0.25, 0.3) is 5.89 Å². The molecule has 1 saturated carbocycles. The van der Waals surface area contributed by atoms with Gasteiger partial charge in [0, 0.05) is 23.9 Å². The third-order valence-electron chi connectivity index (χ3n) is 8.68. The molecule has 3 aliphatic rings. The summed E-state index contributed by atoms with van der Waals surface area (Å²) < 4.78 is 12.0. The van der Waals surface area contributed by atoms with E-state index in [-0.39, 0.29) is 43.2 Å². The Morgan fingerprint density at radius 3 is 2.70 bits per heavy atom. The van der Waals surface area contributed by atoms with Crippen LogP contribution < -0.4 is 16.4 Å². The van der Waals surface area contributed by atoms with E-state index < -0.39 is 35.4 Å². The zero-order valence-electron chi connectivity index (χ0n) is 23.6. The minimum absolute atomic E-state index is 0.0821. The number of halogens is 1. The van der Waals surface area contributed by atoms with Crippen LogP contribution in [0.5, 0.6) is 0 Å². The zero-order chi connectivity index (χ0) is 30.1. The fourth-order valence-electron chi connectivity index (χ4n) is 6.28. The van der Waals surface area contributed by atoms with Crippen LogP contribution in [0.3, 0.4) is 0 Å². The van der Waals surface area contributed by atoms with Crippen molar-refractivity contribution in [2.45, 2.75) is 68.9 Å². The van der Waals surface area contributed by atoms with Crippen molar-refractivity contribution in [3.8, 4) is 0 Å². The maximum atomic E-state index is 14.1. The Labute approximate surface area is 253 Å². The molecule has 0 spiro atoms. The predicted molar refractivity (Wildman–Crippen MR) is 157 cm³/mol. The van der Waals surface area contributed by atoms with E-state index in [2.05, 4.69) is 15.6 Å². The molecule has 1 aromatic heterocycles. The lowest BCUT2D eigenvalue weighted by molar-refractivity contribution is -0.143. The first-order valence-electron chi connectivity index (χ1n) is 14.7. The highest BCUT2D eigenvalue weighted by atomic mass is 35.5. The van der Waals surface area contributed by atoms with E-state index in [0.717, 1.165) is 5.56 Å². The molecule has 3 amide bonds. The number of hydrogen-bond acceptors (Lipinski definition) is 8. The molecular weight excluding hydrogens is 574 g/mol. The number of fused-ring (bicyclic) bond motifs is 2. The standard InChI is InChI=1S/C31H34ClN5O6/c32-19-10-8-18(9-11-19)17-42-25-16-37(29(40)23-12-13-26(38)34-23)31(15-20(25)31)30(41)36-22(6-3-4-14-33)27(39)28-35-21-5-1-2-7-24(21)43-28/h1-2,5,7-11,20,22-23,25H,3-4,6,12-17,33H2,(H,34,38)(H,36,41)/t20?,22-,23+,25-,31?/m0/s1. The Kier molecular flexibility index (Phi) is 8.21. The lowest BCUT2D eigenvalue weighted by Gasteiger charge is -2.31. The van der Waals surface area contributed by atoms with Crippen molar-refractivity contribution in [3.63, 3.8) is 0 Å². The summed E-state index contributed by atoms with van der Waals surface area (Å²) in [6.45, 7) is 0.940. The van der Waals surface area contributed by atoms with E-state index in [1.807, 2.05) is 12.1 Å². The number of benzene rings is 2. The Morgan fingerprint density at radius 1 is 1.19 bits per heavy atom. The van der Waals surface area contributed by atoms with Gasteiger partial charge in [0.2, 0.25) is 23.5 Å². The second-order valence-corrected chi connectivity index (χ2v) is 11.9. The number of nitrogens with zero attached hydrogens (tertiary/aromatic N) is 2. The Morgan fingerprint density at radius 2 is 1.98 bits per heavy atom. The summed E-state index contributed by atoms with van der Waals surface area (Å²) in [4.78, 5) is 59.3. The lowest BCUT2D eigenvalue weighted by atomic mass is 10.0. The smallest absolute Gasteiger partial charge is 0.266 e. The molecular formula is C31H34ClN5O6. The predicted octanol–water partition coefficient (Wildman–Crippen LogP) is 2.74. The van der Waals surface area contributed by atoms with Crippen molar-refractivity contribution in [3.05, 3.63) is 65.0 Å². The number of ketones is 1. The number of nitrogens with one attached hydrogen (secondary N) is 2. The molecule has 4 N–H and O–H groups in total. The topological polar surface area (TPSA) is 157 Å². The molecule has 3 heterocycles. The fourth-order valence-corrected chi connectivity index (χ4v) is 6.40. The molecule has 3 fully saturated rings. The van der Waals surface area contributed by atoms with Crippen LogP contribution >= 0.6 is 11.6 Å². The zero-order valence-corrected chi connectivity index (χ0v) is 24.3. The molecule has 2 aromatic carbocycles. The number of carbonyl (C=O) groups excluding carboxylic acids is 4. The summed E-state index contributed by atoms with van der Waals surface area (Å²) in [5, 5.41) is 6.29. The summed E-state index contributed by atoms with van der Waals surface area (Å²) in [7, 11) is 0. The molecule has 0 bridgehead atoms. The molecule has 3 aromatic rings. The van der Waals surface area contributed by atoms with Crippen LogP contribution in [0, 0.1) is 5.92 Å². The molecule has 43 heavy (non-hydrogen) atoms. The maximum Gasteiger partial charge on any atom is 0.266 e. The van der Waals surface area contributed by atoms with Crippen LogP contribution in [0.2, 0.25) is 5.02 Å². The number of para-hydroxylation sites is 2. The van der Waals surface area contributed by atoms with Gasteiger partial charge in [0.1, 0.15) is 17.1 Å². The molecule has 1 aliphatic carbocycles. The minimum atomic E-state index is -1.18.